The maximum Gasteiger partial charge on any atom is 0.125 e. The second-order valence-electron chi connectivity index (χ2n) is 7.10. The van der Waals surface area contributed by atoms with Gasteiger partial charge in [0.15, 0.2) is 0 Å². The maximum atomic E-state index is 6.01. The van der Waals surface area contributed by atoms with Crippen LogP contribution in [0.3, 0.4) is 0 Å². The van der Waals surface area contributed by atoms with Crippen LogP contribution in [-0.2, 0) is 9.57 Å². The maximum absolute atomic E-state index is 6.01. The molecule has 0 saturated heterocycles. The summed E-state index contributed by atoms with van der Waals surface area (Å²) in [6, 6.07) is 11.5. The molecule has 2 rings (SSSR count). The van der Waals surface area contributed by atoms with Crippen molar-refractivity contribution in [2.45, 2.75) is 33.6 Å². The van der Waals surface area contributed by atoms with E-state index in [9.17, 15) is 0 Å². The van der Waals surface area contributed by atoms with Crippen molar-refractivity contribution in [3.05, 3.63) is 70.3 Å². The van der Waals surface area contributed by atoms with Crippen molar-refractivity contribution < 1.29 is 19.0 Å². The number of halogens is 1. The highest BCUT2D eigenvalue weighted by Crippen LogP contribution is 2.28. The van der Waals surface area contributed by atoms with Crippen molar-refractivity contribution in [2.24, 2.45) is 5.16 Å². The van der Waals surface area contributed by atoms with E-state index in [1.54, 1.807) is 0 Å². The quantitative estimate of drug-likeness (QED) is 0.161. The Kier molecular flexibility index (Phi) is 11.0. The second kappa shape index (κ2) is 13.7. The monoisotopic (exact) mass is 445 g/mol. The summed E-state index contributed by atoms with van der Waals surface area (Å²) >= 11 is 5.94. The van der Waals surface area contributed by atoms with E-state index in [-0.39, 0.29) is 0 Å². The van der Waals surface area contributed by atoms with Crippen LogP contribution in [-0.4, -0.2) is 39.2 Å². The van der Waals surface area contributed by atoms with Gasteiger partial charge in [0.2, 0.25) is 0 Å². The molecule has 168 valence electrons. The van der Waals surface area contributed by atoms with Crippen molar-refractivity contribution in [1.29, 1.82) is 0 Å². The highest BCUT2D eigenvalue weighted by Gasteiger charge is 2.08. The van der Waals surface area contributed by atoms with E-state index in [2.05, 4.69) is 5.16 Å². The predicted molar refractivity (Wildman–Crippen MR) is 127 cm³/mol. The Bertz CT molecular complexity index is 839. The van der Waals surface area contributed by atoms with Crippen molar-refractivity contribution >= 4 is 17.3 Å². The fourth-order valence-electron chi connectivity index (χ4n) is 3.03. The van der Waals surface area contributed by atoms with E-state index in [1.165, 1.54) is 7.11 Å². The molecule has 0 amide bonds. The SMILES string of the molecule is C/C=C/COc1cc(C)c(OCCCCOC/C(=N/OC)c2ccc(Cl)cc2)c(C)c1. The van der Waals surface area contributed by atoms with Crippen LogP contribution in [0, 0.1) is 13.8 Å². The lowest BCUT2D eigenvalue weighted by molar-refractivity contribution is 0.154. The summed E-state index contributed by atoms with van der Waals surface area (Å²) < 4.78 is 17.5. The van der Waals surface area contributed by atoms with Gasteiger partial charge in [0.1, 0.15) is 30.9 Å². The Hall–Kier alpha value is -2.50. The first-order chi connectivity index (χ1) is 15.0. The summed E-state index contributed by atoms with van der Waals surface area (Å²) in [5.41, 5.74) is 3.82. The number of hydrogen-bond donors (Lipinski definition) is 0. The van der Waals surface area contributed by atoms with Gasteiger partial charge in [-0.25, -0.2) is 0 Å². The van der Waals surface area contributed by atoms with E-state index >= 15 is 0 Å². The normalized spacial score (nSPS) is 11.7. The van der Waals surface area contributed by atoms with Gasteiger partial charge < -0.3 is 19.0 Å². The number of ether oxygens (including phenoxy) is 3. The summed E-state index contributed by atoms with van der Waals surface area (Å²) in [6.07, 6.45) is 5.75. The molecular formula is C25H32ClNO4. The number of rotatable bonds is 13. The van der Waals surface area contributed by atoms with Gasteiger partial charge in [-0.15, -0.1) is 0 Å². The van der Waals surface area contributed by atoms with Crippen LogP contribution in [0.5, 0.6) is 11.5 Å². The van der Waals surface area contributed by atoms with Crippen LogP contribution in [0.25, 0.3) is 0 Å². The zero-order chi connectivity index (χ0) is 22.5. The van der Waals surface area contributed by atoms with E-state index in [0.29, 0.717) is 31.5 Å². The van der Waals surface area contributed by atoms with E-state index in [1.807, 2.05) is 69.3 Å². The van der Waals surface area contributed by atoms with Gasteiger partial charge in [0.05, 0.1) is 13.2 Å². The minimum atomic E-state index is 0.378. The molecule has 0 N–H and O–H groups in total. The summed E-state index contributed by atoms with van der Waals surface area (Å²) in [5.74, 6) is 1.79. The molecule has 2 aromatic carbocycles. The van der Waals surface area contributed by atoms with Crippen LogP contribution in [0.2, 0.25) is 5.02 Å². The van der Waals surface area contributed by atoms with Crippen molar-refractivity contribution in [1.82, 2.24) is 0 Å². The lowest BCUT2D eigenvalue weighted by Gasteiger charge is -2.14. The fourth-order valence-corrected chi connectivity index (χ4v) is 3.15. The summed E-state index contributed by atoms with van der Waals surface area (Å²) in [4.78, 5) is 4.93. The molecule has 0 unspecified atom stereocenters. The third-order valence-electron chi connectivity index (χ3n) is 4.56. The van der Waals surface area contributed by atoms with Gasteiger partial charge in [-0.1, -0.05) is 41.0 Å². The smallest absolute Gasteiger partial charge is 0.125 e. The Morgan fingerprint density at radius 3 is 2.32 bits per heavy atom. The predicted octanol–water partition coefficient (Wildman–Crippen LogP) is 6.14. The van der Waals surface area contributed by atoms with E-state index in [4.69, 9.17) is 30.6 Å². The minimum Gasteiger partial charge on any atom is -0.493 e. The molecule has 0 heterocycles. The van der Waals surface area contributed by atoms with Crippen LogP contribution >= 0.6 is 11.6 Å². The minimum absolute atomic E-state index is 0.378. The van der Waals surface area contributed by atoms with Gasteiger partial charge in [-0.2, -0.15) is 0 Å². The topological polar surface area (TPSA) is 49.3 Å². The van der Waals surface area contributed by atoms with Gasteiger partial charge in [-0.05, 0) is 69.0 Å². The first kappa shape index (κ1) is 24.8. The highest BCUT2D eigenvalue weighted by atomic mass is 35.5. The van der Waals surface area contributed by atoms with Gasteiger partial charge >= 0.3 is 0 Å². The molecule has 2 aromatic rings. The van der Waals surface area contributed by atoms with Gasteiger partial charge in [-0.3, -0.25) is 0 Å². The largest absolute Gasteiger partial charge is 0.493 e. The summed E-state index contributed by atoms with van der Waals surface area (Å²) in [6.45, 7) is 8.28. The Labute approximate surface area is 190 Å². The Morgan fingerprint density at radius 1 is 1.00 bits per heavy atom. The summed E-state index contributed by atoms with van der Waals surface area (Å²) in [7, 11) is 1.53. The van der Waals surface area contributed by atoms with Crippen molar-refractivity contribution in [2.75, 3.05) is 33.5 Å². The molecule has 0 atom stereocenters. The zero-order valence-corrected chi connectivity index (χ0v) is 19.6. The Morgan fingerprint density at radius 2 is 1.68 bits per heavy atom. The second-order valence-corrected chi connectivity index (χ2v) is 7.54. The number of nitrogens with zero attached hydrogens (tertiary/aromatic N) is 1. The van der Waals surface area contributed by atoms with E-state index in [0.717, 1.165) is 46.7 Å². The van der Waals surface area contributed by atoms with E-state index < -0.39 is 0 Å². The molecule has 0 aliphatic carbocycles. The van der Waals surface area contributed by atoms with Crippen LogP contribution in [0.15, 0.2) is 53.7 Å². The standard InChI is InChI=1S/C25H32ClNO4/c1-5-6-14-30-23-16-19(2)25(20(3)17-23)31-15-8-7-13-29-18-24(27-28-4)21-9-11-22(26)12-10-21/h5-6,9-12,16-17H,7-8,13-15,18H2,1-4H3/b6-5+,27-24-. The number of hydrogen-bond acceptors (Lipinski definition) is 5. The van der Waals surface area contributed by atoms with Crippen LogP contribution in [0.1, 0.15) is 36.5 Å². The molecule has 0 aliphatic heterocycles. The molecule has 0 aliphatic rings. The molecule has 0 spiro atoms. The lowest BCUT2D eigenvalue weighted by Crippen LogP contribution is -2.12. The number of oxime groups is 1. The van der Waals surface area contributed by atoms with Gasteiger partial charge in [0, 0.05) is 17.2 Å². The molecule has 31 heavy (non-hydrogen) atoms. The highest BCUT2D eigenvalue weighted by molar-refractivity contribution is 6.30. The van der Waals surface area contributed by atoms with Crippen LogP contribution in [0.4, 0.5) is 0 Å². The summed E-state index contributed by atoms with van der Waals surface area (Å²) in [5, 5.41) is 4.74. The average molecular weight is 446 g/mol. The first-order valence-corrected chi connectivity index (χ1v) is 10.8. The number of unbranched alkanes of at least 4 members (excludes halogenated alkanes) is 1. The fraction of sp³-hybridized carbons (Fsp3) is 0.400. The number of benzene rings is 2. The number of aryl methyl sites for hydroxylation is 2. The van der Waals surface area contributed by atoms with Gasteiger partial charge in [0.25, 0.3) is 0 Å². The molecule has 0 bridgehead atoms. The molecular weight excluding hydrogens is 414 g/mol. The third-order valence-corrected chi connectivity index (χ3v) is 4.81. The lowest BCUT2D eigenvalue weighted by atomic mass is 10.1. The molecule has 5 nitrogen and oxygen atoms in total. The number of allylic oxidation sites excluding steroid dienone is 1. The molecule has 6 heteroatoms. The molecule has 0 radical (unpaired) electrons. The Balaban J connectivity index is 1.72. The average Bonchev–Trinajstić information content (AvgIpc) is 2.74. The van der Waals surface area contributed by atoms with Crippen molar-refractivity contribution in [3.63, 3.8) is 0 Å². The molecule has 0 aromatic heterocycles. The van der Waals surface area contributed by atoms with Crippen molar-refractivity contribution in [3.8, 4) is 11.5 Å². The molecule has 0 saturated carbocycles. The first-order valence-electron chi connectivity index (χ1n) is 10.5. The zero-order valence-electron chi connectivity index (χ0n) is 18.8. The molecule has 0 fully saturated rings. The van der Waals surface area contributed by atoms with Crippen LogP contribution < -0.4 is 9.47 Å². The third kappa shape index (κ3) is 8.64.